The van der Waals surface area contributed by atoms with Crippen LogP contribution in [-0.2, 0) is 25.7 Å². The Morgan fingerprint density at radius 1 is 0.919 bits per heavy atom. The highest BCUT2D eigenvalue weighted by Crippen LogP contribution is 2.50. The molecule has 198 valence electrons. The first-order valence-corrected chi connectivity index (χ1v) is 12.8. The second kappa shape index (κ2) is 11.0. The molecule has 0 aromatic heterocycles. The number of nitrogens with zero attached hydrogens (tertiary/aromatic N) is 1. The molecule has 0 unspecified atom stereocenters. The predicted molar refractivity (Wildman–Crippen MR) is 142 cm³/mol. The van der Waals surface area contributed by atoms with Crippen molar-refractivity contribution in [3.8, 4) is 0 Å². The van der Waals surface area contributed by atoms with Gasteiger partial charge in [0.15, 0.2) is 0 Å². The summed E-state index contributed by atoms with van der Waals surface area (Å²) in [5, 5.41) is 9.79. The number of benzene rings is 2. The van der Waals surface area contributed by atoms with Crippen LogP contribution in [0.3, 0.4) is 0 Å². The Morgan fingerprint density at radius 3 is 2.08 bits per heavy atom. The van der Waals surface area contributed by atoms with E-state index in [1.54, 1.807) is 18.2 Å². The minimum Gasteiger partial charge on any atom is -0.478 e. The maximum absolute atomic E-state index is 13.3. The van der Waals surface area contributed by atoms with E-state index in [0.29, 0.717) is 10.6 Å². The van der Waals surface area contributed by atoms with Crippen LogP contribution < -0.4 is 4.90 Å². The third-order valence-electron chi connectivity index (χ3n) is 6.72. The van der Waals surface area contributed by atoms with Crippen LogP contribution in [0.1, 0.15) is 62.9 Å². The van der Waals surface area contributed by atoms with E-state index in [1.165, 1.54) is 23.1 Å². The van der Waals surface area contributed by atoms with E-state index in [9.17, 15) is 24.3 Å². The van der Waals surface area contributed by atoms with Gasteiger partial charge in [0.25, 0.3) is 0 Å². The second-order valence-corrected chi connectivity index (χ2v) is 11.8. The summed E-state index contributed by atoms with van der Waals surface area (Å²) < 4.78 is 5.62. The van der Waals surface area contributed by atoms with Crippen molar-refractivity contribution in [1.82, 2.24) is 0 Å². The Morgan fingerprint density at radius 2 is 1.54 bits per heavy atom. The SMILES string of the molecule is CC1(C)CCC(C)(C)C1OC(=O)C(=O)CC(=O)N(Cc1ccc(Cl)c(Cl)c1)c1ccc(C(=O)O)c(Cl)c1. The molecule has 0 radical (unpaired) electrons. The lowest BCUT2D eigenvalue weighted by atomic mass is 9.81. The lowest BCUT2D eigenvalue weighted by molar-refractivity contribution is -0.166. The Balaban J connectivity index is 1.85. The molecule has 1 fully saturated rings. The molecule has 2 aromatic carbocycles. The maximum atomic E-state index is 13.3. The number of halogens is 3. The number of esters is 1. The number of hydrogen-bond donors (Lipinski definition) is 1. The van der Waals surface area contributed by atoms with Crippen LogP contribution in [-0.4, -0.2) is 34.8 Å². The van der Waals surface area contributed by atoms with Gasteiger partial charge < -0.3 is 14.7 Å². The van der Waals surface area contributed by atoms with E-state index < -0.39 is 36.2 Å². The lowest BCUT2D eigenvalue weighted by Crippen LogP contribution is -2.41. The third kappa shape index (κ3) is 6.64. The highest BCUT2D eigenvalue weighted by molar-refractivity contribution is 6.42. The first-order valence-electron chi connectivity index (χ1n) is 11.6. The van der Waals surface area contributed by atoms with Gasteiger partial charge >= 0.3 is 11.9 Å². The van der Waals surface area contributed by atoms with Crippen LogP contribution in [0.15, 0.2) is 36.4 Å². The monoisotopic (exact) mass is 567 g/mol. The van der Waals surface area contributed by atoms with Gasteiger partial charge in [-0.3, -0.25) is 9.59 Å². The molecule has 37 heavy (non-hydrogen) atoms. The van der Waals surface area contributed by atoms with Crippen molar-refractivity contribution in [1.29, 1.82) is 0 Å². The van der Waals surface area contributed by atoms with Crippen LogP contribution in [0.2, 0.25) is 15.1 Å². The Hall–Kier alpha value is -2.61. The Labute approximate surface area is 230 Å². The van der Waals surface area contributed by atoms with Crippen LogP contribution >= 0.6 is 34.8 Å². The predicted octanol–water partition coefficient (Wildman–Crippen LogP) is 6.60. The summed E-state index contributed by atoms with van der Waals surface area (Å²) >= 11 is 18.2. The molecule has 3 rings (SSSR count). The minimum absolute atomic E-state index is 0.0382. The summed E-state index contributed by atoms with van der Waals surface area (Å²) in [5.41, 5.74) is 0.0857. The summed E-state index contributed by atoms with van der Waals surface area (Å²) in [6.45, 7) is 7.90. The number of ether oxygens (including phenoxy) is 1. The van der Waals surface area contributed by atoms with Gasteiger partial charge in [0, 0.05) is 16.5 Å². The number of ketones is 1. The highest BCUT2D eigenvalue weighted by atomic mass is 35.5. The van der Waals surface area contributed by atoms with E-state index in [1.807, 2.05) is 27.7 Å². The Kier molecular flexibility index (Phi) is 8.62. The molecule has 0 saturated heterocycles. The lowest BCUT2D eigenvalue weighted by Gasteiger charge is -2.34. The number of carbonyl (C=O) groups excluding carboxylic acids is 3. The summed E-state index contributed by atoms with van der Waals surface area (Å²) in [6.07, 6.45) is 0.471. The minimum atomic E-state index is -1.23. The molecule has 0 spiro atoms. The van der Waals surface area contributed by atoms with Gasteiger partial charge in [-0.15, -0.1) is 0 Å². The summed E-state index contributed by atoms with van der Waals surface area (Å²) in [7, 11) is 0. The van der Waals surface area contributed by atoms with Gasteiger partial charge in [0.2, 0.25) is 11.7 Å². The van der Waals surface area contributed by atoms with Gasteiger partial charge in [-0.2, -0.15) is 0 Å². The zero-order valence-corrected chi connectivity index (χ0v) is 23.2. The van der Waals surface area contributed by atoms with E-state index >= 15 is 0 Å². The number of hydrogen-bond acceptors (Lipinski definition) is 5. The Bertz CT molecular complexity index is 1240. The van der Waals surface area contributed by atoms with Crippen molar-refractivity contribution in [2.24, 2.45) is 10.8 Å². The second-order valence-electron chi connectivity index (χ2n) is 10.6. The van der Waals surface area contributed by atoms with Gasteiger partial charge in [-0.1, -0.05) is 68.6 Å². The molecule has 10 heteroatoms. The molecule has 7 nitrogen and oxygen atoms in total. The molecule has 1 aliphatic rings. The van der Waals surface area contributed by atoms with Crippen molar-refractivity contribution in [3.05, 3.63) is 62.6 Å². The third-order valence-corrected chi connectivity index (χ3v) is 7.77. The molecule has 1 aliphatic carbocycles. The number of amides is 1. The highest BCUT2D eigenvalue weighted by Gasteiger charge is 2.50. The molecule has 2 aromatic rings. The van der Waals surface area contributed by atoms with E-state index in [2.05, 4.69) is 0 Å². The summed E-state index contributed by atoms with van der Waals surface area (Å²) in [6, 6.07) is 8.76. The molecule has 0 atom stereocenters. The van der Waals surface area contributed by atoms with Gasteiger partial charge in [0.05, 0.1) is 33.6 Å². The van der Waals surface area contributed by atoms with Crippen molar-refractivity contribution < 1.29 is 29.0 Å². The molecule has 0 bridgehead atoms. The molecule has 0 heterocycles. The van der Waals surface area contributed by atoms with Crippen LogP contribution in [0.5, 0.6) is 0 Å². The number of carboxylic acid groups (broad SMARTS) is 1. The van der Waals surface area contributed by atoms with Crippen molar-refractivity contribution >= 4 is 64.1 Å². The van der Waals surface area contributed by atoms with Crippen LogP contribution in [0.25, 0.3) is 0 Å². The van der Waals surface area contributed by atoms with Crippen molar-refractivity contribution in [3.63, 3.8) is 0 Å². The van der Waals surface area contributed by atoms with Crippen LogP contribution in [0.4, 0.5) is 5.69 Å². The van der Waals surface area contributed by atoms with Gasteiger partial charge in [-0.25, -0.2) is 9.59 Å². The van der Waals surface area contributed by atoms with Crippen molar-refractivity contribution in [2.75, 3.05) is 4.90 Å². The number of aromatic carboxylic acids is 1. The zero-order chi connectivity index (χ0) is 27.7. The first-order chi connectivity index (χ1) is 17.1. The van der Waals surface area contributed by atoms with E-state index in [-0.39, 0.29) is 38.7 Å². The molecule has 1 N–H and O–H groups in total. The number of carboxylic acids is 1. The molecule has 0 aliphatic heterocycles. The number of carbonyl (C=O) groups is 4. The normalized spacial score (nSPS) is 16.3. The topological polar surface area (TPSA) is 101 Å². The quantitative estimate of drug-likeness (QED) is 0.219. The van der Waals surface area contributed by atoms with Gasteiger partial charge in [-0.05, 0) is 48.7 Å². The van der Waals surface area contributed by atoms with Gasteiger partial charge in [0.1, 0.15) is 6.10 Å². The van der Waals surface area contributed by atoms with Crippen molar-refractivity contribution in [2.45, 2.75) is 59.6 Å². The number of anilines is 1. The number of rotatable bonds is 8. The average Bonchev–Trinajstić information content (AvgIpc) is 3.01. The largest absolute Gasteiger partial charge is 0.478 e. The summed E-state index contributed by atoms with van der Waals surface area (Å²) in [4.78, 5) is 51.4. The zero-order valence-electron chi connectivity index (χ0n) is 20.9. The summed E-state index contributed by atoms with van der Waals surface area (Å²) in [5.74, 6) is -3.96. The maximum Gasteiger partial charge on any atom is 0.375 e. The van der Waals surface area contributed by atoms with Crippen LogP contribution in [0, 0.1) is 10.8 Å². The fraction of sp³-hybridized carbons (Fsp3) is 0.407. The smallest absolute Gasteiger partial charge is 0.375 e. The standard InChI is InChI=1S/C27H28Cl3NO6/c1-26(2)9-10-27(3,4)25(26)37-24(36)21(32)13-22(33)31(14-15-5-8-18(28)20(30)11-15)16-6-7-17(23(34)35)19(29)12-16/h5-8,11-12,25H,9-10,13-14H2,1-4H3,(H,34,35). The molecular weight excluding hydrogens is 541 g/mol. The van der Waals surface area contributed by atoms with E-state index in [0.717, 1.165) is 12.8 Å². The number of Topliss-reactive ketones (excluding diaryl/α,β-unsaturated/α-hetero) is 1. The molecule has 1 amide bonds. The fourth-order valence-corrected chi connectivity index (χ4v) is 5.33. The first kappa shape index (κ1) is 29.0. The average molecular weight is 569 g/mol. The molecule has 1 saturated carbocycles. The molecular formula is C27H28Cl3NO6. The van der Waals surface area contributed by atoms with E-state index in [4.69, 9.17) is 39.5 Å². The fourth-order valence-electron chi connectivity index (χ4n) is 4.75.